The highest BCUT2D eigenvalue weighted by atomic mass is 79.9. The first-order valence-electron chi connectivity index (χ1n) is 8.35. The van der Waals surface area contributed by atoms with Crippen molar-refractivity contribution >= 4 is 32.8 Å². The maximum atomic E-state index is 13.2. The normalized spacial score (nSPS) is 16.3. The average molecular weight is 414 g/mol. The Morgan fingerprint density at radius 1 is 1.12 bits per heavy atom. The summed E-state index contributed by atoms with van der Waals surface area (Å²) in [4.78, 5) is 27.7. The van der Waals surface area contributed by atoms with Gasteiger partial charge < -0.3 is 14.4 Å². The number of halogens is 1. The number of amides is 1. The van der Waals surface area contributed by atoms with Gasteiger partial charge in [0.05, 0.1) is 17.0 Å². The van der Waals surface area contributed by atoms with Crippen molar-refractivity contribution in [3.8, 4) is 0 Å². The van der Waals surface area contributed by atoms with Gasteiger partial charge in [-0.1, -0.05) is 40.2 Å². The molecule has 0 saturated carbocycles. The monoisotopic (exact) mass is 413 g/mol. The number of nitrogens with zero attached hydrogens (tertiary/aromatic N) is 1. The van der Waals surface area contributed by atoms with E-state index in [1.165, 1.54) is 0 Å². The van der Waals surface area contributed by atoms with Gasteiger partial charge in [0.25, 0.3) is 5.91 Å². The molecule has 1 atom stereocenters. The third kappa shape index (κ3) is 2.66. The van der Waals surface area contributed by atoms with E-state index in [0.29, 0.717) is 29.5 Å². The van der Waals surface area contributed by atoms with Crippen LogP contribution in [-0.4, -0.2) is 29.1 Å². The zero-order valence-electron chi connectivity index (χ0n) is 13.8. The molecule has 0 fully saturated rings. The molecule has 26 heavy (non-hydrogen) atoms. The fraction of sp³-hybridized carbons (Fsp3) is 0.200. The van der Waals surface area contributed by atoms with E-state index in [4.69, 9.17) is 4.42 Å². The van der Waals surface area contributed by atoms with Crippen LogP contribution in [0, 0.1) is 0 Å². The number of carbonyl (C=O) groups excluding carboxylic acids is 1. The minimum atomic E-state index is -0.526. The maximum absolute atomic E-state index is 13.2. The van der Waals surface area contributed by atoms with Crippen molar-refractivity contribution in [1.82, 2.24) is 4.90 Å². The van der Waals surface area contributed by atoms with Gasteiger partial charge in [-0.3, -0.25) is 9.59 Å². The topological polar surface area (TPSA) is 70.8 Å². The molecule has 2 aromatic carbocycles. The smallest absolute Gasteiger partial charge is 0.290 e. The Morgan fingerprint density at radius 3 is 2.69 bits per heavy atom. The SMILES string of the molecule is O=C1c2oc3ccccc3c(=O)c2[C@H](c2cccc(Br)c2)N1CCCO. The summed E-state index contributed by atoms with van der Waals surface area (Å²) >= 11 is 3.45. The molecule has 0 aliphatic carbocycles. The molecule has 0 bridgehead atoms. The number of carbonyl (C=O) groups is 1. The van der Waals surface area contributed by atoms with Crippen LogP contribution >= 0.6 is 15.9 Å². The molecule has 132 valence electrons. The molecule has 3 aromatic rings. The summed E-state index contributed by atoms with van der Waals surface area (Å²) in [5.74, 6) is -0.224. The number of fused-ring (bicyclic) bond motifs is 2. The number of aliphatic hydroxyl groups excluding tert-OH is 1. The Hall–Kier alpha value is -2.44. The molecule has 1 N–H and O–H groups in total. The molecule has 1 aromatic heterocycles. The van der Waals surface area contributed by atoms with Crippen molar-refractivity contribution in [2.75, 3.05) is 13.2 Å². The molecule has 2 heterocycles. The van der Waals surface area contributed by atoms with Gasteiger partial charge in [0.2, 0.25) is 5.76 Å². The second-order valence-corrected chi connectivity index (χ2v) is 7.12. The Kier molecular flexibility index (Phi) is 4.38. The summed E-state index contributed by atoms with van der Waals surface area (Å²) in [7, 11) is 0. The summed E-state index contributed by atoms with van der Waals surface area (Å²) in [6.45, 7) is 0.307. The molecule has 6 heteroatoms. The predicted octanol–water partition coefficient (Wildman–Crippen LogP) is 3.48. The van der Waals surface area contributed by atoms with Crippen LogP contribution in [0.25, 0.3) is 11.0 Å². The third-order valence-corrected chi connectivity index (χ3v) is 5.09. The van der Waals surface area contributed by atoms with Crippen LogP contribution in [0.2, 0.25) is 0 Å². The largest absolute Gasteiger partial charge is 0.450 e. The molecule has 0 saturated heterocycles. The van der Waals surface area contributed by atoms with Gasteiger partial charge in [-0.05, 0) is 36.2 Å². The summed E-state index contributed by atoms with van der Waals surface area (Å²) in [6.07, 6.45) is 0.429. The van der Waals surface area contributed by atoms with Crippen molar-refractivity contribution in [3.05, 3.63) is 80.1 Å². The van der Waals surface area contributed by atoms with E-state index in [2.05, 4.69) is 15.9 Å². The van der Waals surface area contributed by atoms with E-state index in [1.807, 2.05) is 24.3 Å². The van der Waals surface area contributed by atoms with Gasteiger partial charge in [-0.2, -0.15) is 0 Å². The van der Waals surface area contributed by atoms with Crippen LogP contribution in [0.3, 0.4) is 0 Å². The van der Waals surface area contributed by atoms with Crippen LogP contribution in [-0.2, 0) is 0 Å². The minimum absolute atomic E-state index is 0.0331. The summed E-state index contributed by atoms with van der Waals surface area (Å²) in [6, 6.07) is 14.0. The lowest BCUT2D eigenvalue weighted by Gasteiger charge is -2.25. The number of rotatable bonds is 4. The highest BCUT2D eigenvalue weighted by molar-refractivity contribution is 9.10. The standard InChI is InChI=1S/C20H16BrNO4/c21-13-6-3-5-12(11-13)17-16-18(24)14-7-1-2-8-15(14)26-19(16)20(25)22(17)9-4-10-23/h1-3,5-8,11,17,23H,4,9-10H2/t17-/m0/s1. The van der Waals surface area contributed by atoms with Gasteiger partial charge in [0.15, 0.2) is 5.43 Å². The fourth-order valence-corrected chi connectivity index (χ4v) is 3.88. The number of aliphatic hydroxyl groups is 1. The van der Waals surface area contributed by atoms with Gasteiger partial charge >= 0.3 is 0 Å². The van der Waals surface area contributed by atoms with Crippen LogP contribution < -0.4 is 5.43 Å². The molecular weight excluding hydrogens is 398 g/mol. The zero-order chi connectivity index (χ0) is 18.3. The fourth-order valence-electron chi connectivity index (χ4n) is 3.46. The number of benzene rings is 2. The lowest BCUT2D eigenvalue weighted by molar-refractivity contribution is 0.0716. The van der Waals surface area contributed by atoms with E-state index in [0.717, 1.165) is 10.0 Å². The number of hydrogen-bond donors (Lipinski definition) is 1. The van der Waals surface area contributed by atoms with Crippen LogP contribution in [0.5, 0.6) is 0 Å². The molecule has 1 aliphatic rings. The maximum Gasteiger partial charge on any atom is 0.290 e. The lowest BCUT2D eigenvalue weighted by Crippen LogP contribution is -2.31. The molecule has 4 rings (SSSR count). The molecule has 0 radical (unpaired) electrons. The van der Waals surface area contributed by atoms with Crippen molar-refractivity contribution in [1.29, 1.82) is 0 Å². The second kappa shape index (κ2) is 6.70. The molecule has 0 unspecified atom stereocenters. The molecular formula is C20H16BrNO4. The Balaban J connectivity index is 1.97. The van der Waals surface area contributed by atoms with E-state index in [9.17, 15) is 14.7 Å². The first-order chi connectivity index (χ1) is 12.6. The first kappa shape index (κ1) is 17.0. The zero-order valence-corrected chi connectivity index (χ0v) is 15.4. The average Bonchev–Trinajstić information content (AvgIpc) is 2.93. The van der Waals surface area contributed by atoms with Gasteiger partial charge in [0, 0.05) is 17.6 Å². The van der Waals surface area contributed by atoms with Gasteiger partial charge in [0.1, 0.15) is 5.58 Å². The molecule has 1 aliphatic heterocycles. The Bertz CT molecular complexity index is 1060. The van der Waals surface area contributed by atoms with Crippen LogP contribution in [0.4, 0.5) is 0 Å². The van der Waals surface area contributed by atoms with Crippen molar-refractivity contribution < 1.29 is 14.3 Å². The highest BCUT2D eigenvalue weighted by Gasteiger charge is 2.42. The number of para-hydroxylation sites is 1. The molecule has 0 spiro atoms. The summed E-state index contributed by atoms with van der Waals surface area (Å²) in [5, 5.41) is 9.67. The Labute approximate surface area is 158 Å². The van der Waals surface area contributed by atoms with Crippen molar-refractivity contribution in [2.24, 2.45) is 0 Å². The second-order valence-electron chi connectivity index (χ2n) is 6.20. The molecule has 5 nitrogen and oxygen atoms in total. The van der Waals surface area contributed by atoms with Crippen molar-refractivity contribution in [2.45, 2.75) is 12.5 Å². The first-order valence-corrected chi connectivity index (χ1v) is 9.14. The summed E-state index contributed by atoms with van der Waals surface area (Å²) < 4.78 is 6.69. The van der Waals surface area contributed by atoms with E-state index in [-0.39, 0.29) is 23.7 Å². The summed E-state index contributed by atoms with van der Waals surface area (Å²) in [5.41, 5.74) is 1.41. The van der Waals surface area contributed by atoms with Gasteiger partial charge in [-0.25, -0.2) is 0 Å². The van der Waals surface area contributed by atoms with Crippen LogP contribution in [0.1, 0.15) is 34.1 Å². The molecule has 1 amide bonds. The van der Waals surface area contributed by atoms with E-state index in [1.54, 1.807) is 29.2 Å². The number of hydrogen-bond acceptors (Lipinski definition) is 4. The van der Waals surface area contributed by atoms with E-state index >= 15 is 0 Å². The third-order valence-electron chi connectivity index (χ3n) is 4.59. The highest BCUT2D eigenvalue weighted by Crippen LogP contribution is 2.38. The van der Waals surface area contributed by atoms with Crippen LogP contribution in [0.15, 0.2) is 62.2 Å². The Morgan fingerprint density at radius 2 is 1.92 bits per heavy atom. The predicted molar refractivity (Wildman–Crippen MR) is 101 cm³/mol. The van der Waals surface area contributed by atoms with E-state index < -0.39 is 6.04 Å². The minimum Gasteiger partial charge on any atom is -0.450 e. The quantitative estimate of drug-likeness (QED) is 0.710. The van der Waals surface area contributed by atoms with Crippen molar-refractivity contribution in [3.63, 3.8) is 0 Å². The lowest BCUT2D eigenvalue weighted by atomic mass is 9.98. The van der Waals surface area contributed by atoms with Gasteiger partial charge in [-0.15, -0.1) is 0 Å².